The first-order valence-electron chi connectivity index (χ1n) is 5.79. The van der Waals surface area contributed by atoms with Crippen molar-refractivity contribution >= 4 is 35.1 Å². The minimum Gasteiger partial charge on any atom is -0.368 e. The number of nitrogens with two attached hydrogens (primary N) is 1. The Kier molecular flexibility index (Phi) is 3.23. The second-order valence-electron chi connectivity index (χ2n) is 4.18. The lowest BCUT2D eigenvalue weighted by atomic mass is 10.1. The highest BCUT2D eigenvalue weighted by atomic mass is 35.5. The molecule has 0 aliphatic rings. The minimum absolute atomic E-state index is 0.260. The zero-order valence-electron chi connectivity index (χ0n) is 10.8. The maximum absolute atomic E-state index is 6.12. The largest absolute Gasteiger partial charge is 0.368 e. The van der Waals surface area contributed by atoms with Crippen molar-refractivity contribution in [3.05, 3.63) is 28.8 Å². The van der Waals surface area contributed by atoms with E-state index in [-0.39, 0.29) is 5.95 Å². The summed E-state index contributed by atoms with van der Waals surface area (Å²) >= 11 is 7.53. The zero-order valence-corrected chi connectivity index (χ0v) is 12.4. The molecule has 0 unspecified atom stereocenters. The Morgan fingerprint density at radius 1 is 1.25 bits per heavy atom. The minimum atomic E-state index is 0.260. The number of hydrogen-bond acceptors (Lipinski definition) is 6. The van der Waals surface area contributed by atoms with Crippen LogP contribution in [0.25, 0.3) is 17.2 Å². The molecule has 0 atom stereocenters. The van der Waals surface area contributed by atoms with Gasteiger partial charge in [0.1, 0.15) is 0 Å². The van der Waals surface area contributed by atoms with Crippen LogP contribution in [0.3, 0.4) is 0 Å². The molecule has 6 nitrogen and oxygen atoms in total. The summed E-state index contributed by atoms with van der Waals surface area (Å²) < 4.78 is 1.42. The molecule has 20 heavy (non-hydrogen) atoms. The molecule has 3 aromatic rings. The van der Waals surface area contributed by atoms with Gasteiger partial charge in [-0.25, -0.2) is 0 Å². The lowest BCUT2D eigenvalue weighted by Crippen LogP contribution is -2.04. The highest BCUT2D eigenvalue weighted by Crippen LogP contribution is 2.24. The molecule has 0 spiro atoms. The monoisotopic (exact) mass is 306 g/mol. The molecule has 102 valence electrons. The Bertz CT molecular complexity index is 800. The average molecular weight is 307 g/mol. The maximum atomic E-state index is 6.12. The number of thioether (sulfide) groups is 1. The molecular formula is C12H11ClN6S. The van der Waals surface area contributed by atoms with Crippen LogP contribution in [0, 0.1) is 6.92 Å². The fourth-order valence-corrected chi connectivity index (χ4v) is 2.27. The van der Waals surface area contributed by atoms with Crippen LogP contribution >= 0.6 is 23.4 Å². The first-order valence-corrected chi connectivity index (χ1v) is 7.39. The number of aromatic nitrogens is 5. The van der Waals surface area contributed by atoms with Gasteiger partial charge in [0.05, 0.1) is 0 Å². The van der Waals surface area contributed by atoms with E-state index in [2.05, 4.69) is 20.1 Å². The Morgan fingerprint density at radius 3 is 2.75 bits per heavy atom. The molecular weight excluding hydrogens is 296 g/mol. The predicted molar refractivity (Wildman–Crippen MR) is 80.0 cm³/mol. The van der Waals surface area contributed by atoms with Crippen LogP contribution in [0.4, 0.5) is 5.95 Å². The number of nitrogen functional groups attached to an aromatic ring is 1. The third-order valence-electron chi connectivity index (χ3n) is 2.83. The van der Waals surface area contributed by atoms with Gasteiger partial charge in [-0.2, -0.15) is 19.5 Å². The van der Waals surface area contributed by atoms with Crippen LogP contribution in [-0.4, -0.2) is 30.8 Å². The summed E-state index contributed by atoms with van der Waals surface area (Å²) in [5.74, 6) is 1.20. The summed E-state index contributed by atoms with van der Waals surface area (Å²) in [6.07, 6.45) is 1.88. The van der Waals surface area contributed by atoms with Crippen LogP contribution in [0.15, 0.2) is 23.4 Å². The summed E-state index contributed by atoms with van der Waals surface area (Å²) in [6, 6.07) is 5.66. The number of aryl methyl sites for hydroxylation is 1. The maximum Gasteiger partial charge on any atom is 0.258 e. The summed E-state index contributed by atoms with van der Waals surface area (Å²) in [6.45, 7) is 1.94. The van der Waals surface area contributed by atoms with E-state index in [0.29, 0.717) is 21.8 Å². The number of fused-ring (bicyclic) bond motifs is 1. The summed E-state index contributed by atoms with van der Waals surface area (Å²) in [4.78, 5) is 12.8. The van der Waals surface area contributed by atoms with E-state index in [1.165, 1.54) is 16.3 Å². The Balaban J connectivity index is 2.17. The van der Waals surface area contributed by atoms with Crippen molar-refractivity contribution in [1.82, 2.24) is 24.6 Å². The van der Waals surface area contributed by atoms with Gasteiger partial charge < -0.3 is 5.73 Å². The van der Waals surface area contributed by atoms with Crippen LogP contribution < -0.4 is 5.73 Å². The predicted octanol–water partition coefficient (Wildman–Crippen LogP) is 2.45. The van der Waals surface area contributed by atoms with Crippen molar-refractivity contribution in [1.29, 1.82) is 0 Å². The van der Waals surface area contributed by atoms with Crippen molar-refractivity contribution in [2.45, 2.75) is 12.1 Å². The molecule has 3 rings (SSSR count). The van der Waals surface area contributed by atoms with Crippen molar-refractivity contribution in [2.75, 3.05) is 12.0 Å². The van der Waals surface area contributed by atoms with Gasteiger partial charge in [-0.05, 0) is 24.8 Å². The lowest BCUT2D eigenvalue weighted by molar-refractivity contribution is 0.851. The average Bonchev–Trinajstić information content (AvgIpc) is 2.86. The molecule has 0 amide bonds. The van der Waals surface area contributed by atoms with Gasteiger partial charge in [-0.15, -0.1) is 5.10 Å². The number of halogens is 1. The zero-order chi connectivity index (χ0) is 14.3. The van der Waals surface area contributed by atoms with Crippen molar-refractivity contribution in [2.24, 2.45) is 0 Å². The third-order valence-corrected chi connectivity index (χ3v) is 3.78. The van der Waals surface area contributed by atoms with E-state index >= 15 is 0 Å². The summed E-state index contributed by atoms with van der Waals surface area (Å²) in [5.41, 5.74) is 7.67. The molecule has 0 fully saturated rings. The molecule has 0 aliphatic carbocycles. The number of nitrogens with zero attached hydrogens (tertiary/aromatic N) is 5. The van der Waals surface area contributed by atoms with E-state index in [1.807, 2.05) is 31.4 Å². The Hall–Kier alpha value is -1.86. The Morgan fingerprint density at radius 2 is 2.05 bits per heavy atom. The molecule has 8 heteroatoms. The molecule has 0 radical (unpaired) electrons. The first kappa shape index (κ1) is 13.1. The van der Waals surface area contributed by atoms with Crippen LogP contribution in [0.1, 0.15) is 5.56 Å². The molecule has 2 aromatic heterocycles. The second kappa shape index (κ2) is 4.92. The molecule has 0 bridgehead atoms. The third kappa shape index (κ3) is 2.19. The van der Waals surface area contributed by atoms with E-state index in [9.17, 15) is 0 Å². The van der Waals surface area contributed by atoms with Gasteiger partial charge in [0.15, 0.2) is 11.0 Å². The number of anilines is 1. The van der Waals surface area contributed by atoms with Crippen molar-refractivity contribution < 1.29 is 0 Å². The smallest absolute Gasteiger partial charge is 0.258 e. The van der Waals surface area contributed by atoms with E-state index in [1.54, 1.807) is 0 Å². The van der Waals surface area contributed by atoms with Crippen LogP contribution in [0.2, 0.25) is 5.02 Å². The number of hydrogen-bond donors (Lipinski definition) is 1. The van der Waals surface area contributed by atoms with Gasteiger partial charge >= 0.3 is 0 Å². The van der Waals surface area contributed by atoms with E-state index < -0.39 is 0 Å². The molecule has 0 aliphatic heterocycles. The summed E-state index contributed by atoms with van der Waals surface area (Å²) in [5, 5.41) is 5.55. The van der Waals surface area contributed by atoms with E-state index in [0.717, 1.165) is 11.1 Å². The molecule has 0 saturated heterocycles. The molecule has 1 aromatic carbocycles. The highest BCUT2D eigenvalue weighted by Gasteiger charge is 2.12. The van der Waals surface area contributed by atoms with Gasteiger partial charge in [-0.1, -0.05) is 35.5 Å². The molecule has 2 heterocycles. The quantitative estimate of drug-likeness (QED) is 0.732. The van der Waals surface area contributed by atoms with Crippen molar-refractivity contribution in [3.8, 4) is 11.4 Å². The molecule has 2 N–H and O–H groups in total. The fraction of sp³-hybridized carbons (Fsp3) is 0.167. The van der Waals surface area contributed by atoms with Gasteiger partial charge in [0, 0.05) is 10.6 Å². The van der Waals surface area contributed by atoms with Gasteiger partial charge in [-0.3, -0.25) is 0 Å². The standard InChI is InChI=1S/C12H11ClN6S/c1-6-3-4-7(5-8(6)13)9-15-11-17-12(20-2)16-10(14)19(11)18-9/h3-5H,1-2H3,(H2,14,15,16,17,18). The second-order valence-corrected chi connectivity index (χ2v) is 5.36. The fourth-order valence-electron chi connectivity index (χ4n) is 1.73. The van der Waals surface area contributed by atoms with Crippen molar-refractivity contribution in [3.63, 3.8) is 0 Å². The van der Waals surface area contributed by atoms with Gasteiger partial charge in [0.2, 0.25) is 5.95 Å². The number of rotatable bonds is 2. The first-order chi connectivity index (χ1) is 9.58. The Labute approximate surface area is 124 Å². The van der Waals surface area contributed by atoms with Crippen LogP contribution in [0.5, 0.6) is 0 Å². The normalized spacial score (nSPS) is 11.2. The topological polar surface area (TPSA) is 82.0 Å². The van der Waals surface area contributed by atoms with Gasteiger partial charge in [0.25, 0.3) is 5.78 Å². The number of benzene rings is 1. The van der Waals surface area contributed by atoms with E-state index in [4.69, 9.17) is 17.3 Å². The SMILES string of the molecule is CSc1nc(N)n2nc(-c3ccc(C)c(Cl)c3)nc2n1. The van der Waals surface area contributed by atoms with Crippen LogP contribution in [-0.2, 0) is 0 Å². The lowest BCUT2D eigenvalue weighted by Gasteiger charge is -1.99. The summed E-state index contributed by atoms with van der Waals surface area (Å²) in [7, 11) is 0. The molecule has 0 saturated carbocycles. The highest BCUT2D eigenvalue weighted by molar-refractivity contribution is 7.98.